The van der Waals surface area contributed by atoms with Gasteiger partial charge in [-0.1, -0.05) is 23.7 Å². The summed E-state index contributed by atoms with van der Waals surface area (Å²) in [7, 11) is 1.93. The summed E-state index contributed by atoms with van der Waals surface area (Å²) >= 11 is 6.15. The smallest absolute Gasteiger partial charge is 0.0647 e. The average Bonchev–Trinajstić information content (AvgIpc) is 2.56. The minimum atomic E-state index is -0.184. The summed E-state index contributed by atoms with van der Waals surface area (Å²) in [6.07, 6.45) is 0. The van der Waals surface area contributed by atoms with Crippen LogP contribution >= 0.6 is 11.6 Å². The highest BCUT2D eigenvalue weighted by atomic mass is 35.5. The molecule has 0 aliphatic rings. The molecule has 18 heavy (non-hydrogen) atoms. The van der Waals surface area contributed by atoms with Crippen molar-refractivity contribution in [2.75, 3.05) is 0 Å². The van der Waals surface area contributed by atoms with Crippen molar-refractivity contribution in [3.63, 3.8) is 0 Å². The van der Waals surface area contributed by atoms with Gasteiger partial charge in [-0.25, -0.2) is 0 Å². The van der Waals surface area contributed by atoms with Gasteiger partial charge in [-0.3, -0.25) is 4.68 Å². The second kappa shape index (κ2) is 4.75. The number of hydrogen-bond donors (Lipinski definition) is 1. The summed E-state index contributed by atoms with van der Waals surface area (Å²) in [5.74, 6) is 0. The van der Waals surface area contributed by atoms with Gasteiger partial charge in [0.1, 0.15) is 0 Å². The molecule has 4 heteroatoms. The number of aromatic nitrogens is 2. The van der Waals surface area contributed by atoms with Gasteiger partial charge in [0.05, 0.1) is 11.7 Å². The van der Waals surface area contributed by atoms with Crippen LogP contribution in [0.5, 0.6) is 0 Å². The Morgan fingerprint density at radius 3 is 2.44 bits per heavy atom. The van der Waals surface area contributed by atoms with Crippen LogP contribution in [-0.2, 0) is 7.05 Å². The van der Waals surface area contributed by atoms with Gasteiger partial charge in [-0.2, -0.15) is 5.10 Å². The molecule has 0 spiro atoms. The molecular weight excluding hydrogens is 246 g/mol. The zero-order valence-electron chi connectivity index (χ0n) is 11.2. The molecule has 0 bridgehead atoms. The predicted octanol–water partition coefficient (Wildman–Crippen LogP) is 3.05. The first-order valence-corrected chi connectivity index (χ1v) is 6.31. The predicted molar refractivity (Wildman–Crippen MR) is 74.9 cm³/mol. The molecule has 2 aromatic rings. The van der Waals surface area contributed by atoms with E-state index in [-0.39, 0.29) is 6.04 Å². The summed E-state index contributed by atoms with van der Waals surface area (Å²) in [6.45, 7) is 6.00. The van der Waals surface area contributed by atoms with Gasteiger partial charge < -0.3 is 5.73 Å². The van der Waals surface area contributed by atoms with Gasteiger partial charge in [0.25, 0.3) is 0 Å². The standard InChI is InChI=1S/C14H18ClN3/c1-8-5-6-11(7-12(8)15)14(16)13-9(2)17-18(4)10(13)3/h5-7,14H,16H2,1-4H3. The summed E-state index contributed by atoms with van der Waals surface area (Å²) in [6, 6.07) is 5.78. The summed E-state index contributed by atoms with van der Waals surface area (Å²) in [5.41, 5.74) is 11.6. The molecule has 0 aliphatic carbocycles. The van der Waals surface area contributed by atoms with Gasteiger partial charge in [0, 0.05) is 23.3 Å². The third kappa shape index (κ3) is 2.16. The maximum Gasteiger partial charge on any atom is 0.0647 e. The lowest BCUT2D eigenvalue weighted by molar-refractivity contribution is 0.728. The molecule has 2 N–H and O–H groups in total. The Kier molecular flexibility index (Phi) is 3.46. The topological polar surface area (TPSA) is 43.8 Å². The van der Waals surface area contributed by atoms with Crippen LogP contribution in [0, 0.1) is 20.8 Å². The van der Waals surface area contributed by atoms with Gasteiger partial charge in [-0.15, -0.1) is 0 Å². The van der Waals surface area contributed by atoms with Crippen molar-refractivity contribution in [1.29, 1.82) is 0 Å². The zero-order chi connectivity index (χ0) is 13.4. The lowest BCUT2D eigenvalue weighted by Crippen LogP contribution is -2.14. The molecule has 3 nitrogen and oxygen atoms in total. The molecule has 0 fully saturated rings. The summed E-state index contributed by atoms with van der Waals surface area (Å²) in [5, 5.41) is 5.15. The molecule has 0 aliphatic heterocycles. The van der Waals surface area contributed by atoms with E-state index < -0.39 is 0 Å². The van der Waals surface area contributed by atoms with Crippen molar-refractivity contribution in [1.82, 2.24) is 9.78 Å². The third-order valence-corrected chi connectivity index (χ3v) is 3.84. The third-order valence-electron chi connectivity index (χ3n) is 3.43. The van der Waals surface area contributed by atoms with E-state index in [1.807, 2.05) is 50.7 Å². The molecule has 0 saturated carbocycles. The lowest BCUT2D eigenvalue weighted by atomic mass is 9.97. The van der Waals surface area contributed by atoms with Gasteiger partial charge in [0.15, 0.2) is 0 Å². The summed E-state index contributed by atoms with van der Waals surface area (Å²) in [4.78, 5) is 0. The van der Waals surface area contributed by atoms with Crippen LogP contribution in [0.15, 0.2) is 18.2 Å². The van der Waals surface area contributed by atoms with Crippen LogP contribution in [0.3, 0.4) is 0 Å². The van der Waals surface area contributed by atoms with E-state index in [9.17, 15) is 0 Å². The Morgan fingerprint density at radius 1 is 1.28 bits per heavy atom. The fourth-order valence-electron chi connectivity index (χ4n) is 2.21. The molecule has 1 atom stereocenters. The fraction of sp³-hybridized carbons (Fsp3) is 0.357. The van der Waals surface area contributed by atoms with Crippen LogP contribution in [0.2, 0.25) is 5.02 Å². The Bertz CT molecular complexity index is 587. The van der Waals surface area contributed by atoms with Crippen molar-refractivity contribution in [2.45, 2.75) is 26.8 Å². The first-order chi connectivity index (χ1) is 8.41. The maximum atomic E-state index is 6.34. The van der Waals surface area contributed by atoms with Crippen molar-refractivity contribution in [3.8, 4) is 0 Å². The van der Waals surface area contributed by atoms with E-state index in [1.165, 1.54) is 0 Å². The molecule has 1 unspecified atom stereocenters. The molecule has 1 aromatic heterocycles. The molecule has 96 valence electrons. The largest absolute Gasteiger partial charge is 0.320 e. The summed E-state index contributed by atoms with van der Waals surface area (Å²) < 4.78 is 1.86. The molecule has 0 radical (unpaired) electrons. The highest BCUT2D eigenvalue weighted by Gasteiger charge is 2.18. The van der Waals surface area contributed by atoms with Crippen molar-refractivity contribution >= 4 is 11.6 Å². The number of rotatable bonds is 2. The zero-order valence-corrected chi connectivity index (χ0v) is 11.9. The van der Waals surface area contributed by atoms with E-state index in [0.717, 1.165) is 33.1 Å². The molecule has 1 heterocycles. The van der Waals surface area contributed by atoms with Gasteiger partial charge >= 0.3 is 0 Å². The average molecular weight is 264 g/mol. The molecular formula is C14H18ClN3. The Labute approximate surface area is 113 Å². The Morgan fingerprint density at radius 2 is 1.94 bits per heavy atom. The number of aryl methyl sites for hydroxylation is 3. The van der Waals surface area contributed by atoms with Crippen LogP contribution in [-0.4, -0.2) is 9.78 Å². The van der Waals surface area contributed by atoms with E-state index in [0.29, 0.717) is 0 Å². The monoisotopic (exact) mass is 263 g/mol. The minimum absolute atomic E-state index is 0.184. The number of nitrogens with zero attached hydrogens (tertiary/aromatic N) is 2. The van der Waals surface area contributed by atoms with E-state index in [2.05, 4.69) is 5.10 Å². The fourth-order valence-corrected chi connectivity index (χ4v) is 2.40. The van der Waals surface area contributed by atoms with Crippen LogP contribution < -0.4 is 5.73 Å². The number of nitrogens with two attached hydrogens (primary N) is 1. The van der Waals surface area contributed by atoms with Gasteiger partial charge in [0.2, 0.25) is 0 Å². The normalized spacial score (nSPS) is 12.8. The second-order valence-corrected chi connectivity index (χ2v) is 5.10. The van der Waals surface area contributed by atoms with E-state index in [1.54, 1.807) is 0 Å². The van der Waals surface area contributed by atoms with Crippen molar-refractivity contribution < 1.29 is 0 Å². The molecule has 2 rings (SSSR count). The second-order valence-electron chi connectivity index (χ2n) is 4.69. The van der Waals surface area contributed by atoms with E-state index >= 15 is 0 Å². The first kappa shape index (κ1) is 13.1. The van der Waals surface area contributed by atoms with Crippen LogP contribution in [0.1, 0.15) is 34.1 Å². The maximum absolute atomic E-state index is 6.34. The molecule has 0 saturated heterocycles. The Balaban J connectivity index is 2.47. The highest BCUT2D eigenvalue weighted by molar-refractivity contribution is 6.31. The van der Waals surface area contributed by atoms with Gasteiger partial charge in [-0.05, 0) is 38.0 Å². The van der Waals surface area contributed by atoms with E-state index in [4.69, 9.17) is 17.3 Å². The molecule has 0 amide bonds. The number of benzene rings is 1. The quantitative estimate of drug-likeness (QED) is 0.905. The van der Waals surface area contributed by atoms with Crippen molar-refractivity contribution in [2.24, 2.45) is 12.8 Å². The Hall–Kier alpha value is -1.32. The number of halogens is 1. The van der Waals surface area contributed by atoms with Crippen LogP contribution in [0.25, 0.3) is 0 Å². The first-order valence-electron chi connectivity index (χ1n) is 5.93. The molecule has 1 aromatic carbocycles. The minimum Gasteiger partial charge on any atom is -0.320 e. The number of hydrogen-bond acceptors (Lipinski definition) is 2. The SMILES string of the molecule is Cc1ccc(C(N)c2c(C)nn(C)c2C)cc1Cl. The lowest BCUT2D eigenvalue weighted by Gasteiger charge is -2.14. The van der Waals surface area contributed by atoms with Crippen LogP contribution in [0.4, 0.5) is 0 Å². The van der Waals surface area contributed by atoms with Crippen molar-refractivity contribution in [3.05, 3.63) is 51.3 Å². The highest BCUT2D eigenvalue weighted by Crippen LogP contribution is 2.28.